The number of carboxylic acids is 3. The van der Waals surface area contributed by atoms with E-state index in [1.165, 1.54) is 0 Å². The molecule has 0 aromatic heterocycles. The number of aliphatic hydroxyl groups is 6. The standard InChI is InChI=1S/C26H42O17.3Na/c1-25(2,3)7-8(27)12(31)23(40-14(7)20(33)34)42-16-10(29)13(32)24(43-18(16)22(37)38)41-15-9(28)11(30)19(26(4,5)6)39-17(15)21(35)36;;;/h7-19,23-24,27-32H,1-6H3,(H,33,34)(H,35,36)(H,37,38);;;/q;3*+1/p-3/t7-,8?,9?,10?,11-,12-,13-,14?,15-,16-,17?,18?,19+,23-,24+;;;/m1.../s1. The molecule has 15 atom stereocenters. The molecule has 6 N–H and O–H groups in total. The minimum Gasteiger partial charge on any atom is -0.547 e. The zero-order valence-corrected chi connectivity index (χ0v) is 33.3. The van der Waals surface area contributed by atoms with E-state index in [0.717, 1.165) is 0 Å². The Morgan fingerprint density at radius 1 is 0.522 bits per heavy atom. The Kier molecular flexibility index (Phi) is 18.3. The van der Waals surface area contributed by atoms with Crippen LogP contribution in [0.4, 0.5) is 0 Å². The fourth-order valence-corrected chi connectivity index (χ4v) is 5.67. The Hall–Kier alpha value is 0.970. The van der Waals surface area contributed by atoms with Crippen molar-refractivity contribution in [1.82, 2.24) is 0 Å². The average molecular weight is 693 g/mol. The summed E-state index contributed by atoms with van der Waals surface area (Å²) in [6.07, 6.45) is -27.8. The third-order valence-corrected chi connectivity index (χ3v) is 7.87. The summed E-state index contributed by atoms with van der Waals surface area (Å²) in [5.41, 5.74) is -1.81. The van der Waals surface area contributed by atoms with Gasteiger partial charge in [-0.3, -0.25) is 0 Å². The van der Waals surface area contributed by atoms with Crippen molar-refractivity contribution in [2.45, 2.75) is 127 Å². The number of aliphatic carboxylic acids is 3. The Bertz CT molecular complexity index is 1040. The second-order valence-corrected chi connectivity index (χ2v) is 13.2. The van der Waals surface area contributed by atoms with Crippen LogP contribution in [0.15, 0.2) is 0 Å². The summed E-state index contributed by atoms with van der Waals surface area (Å²) >= 11 is 0. The van der Waals surface area contributed by atoms with Crippen LogP contribution in [-0.2, 0) is 38.1 Å². The van der Waals surface area contributed by atoms with Crippen LogP contribution >= 0.6 is 0 Å². The molecule has 0 aromatic carbocycles. The van der Waals surface area contributed by atoms with E-state index in [0.29, 0.717) is 0 Å². The van der Waals surface area contributed by atoms with E-state index in [2.05, 4.69) is 0 Å². The van der Waals surface area contributed by atoms with Crippen molar-refractivity contribution in [3.05, 3.63) is 0 Å². The molecule has 17 nitrogen and oxygen atoms in total. The van der Waals surface area contributed by atoms with E-state index in [1.54, 1.807) is 41.5 Å². The first kappa shape index (κ1) is 47.0. The van der Waals surface area contributed by atoms with E-state index >= 15 is 0 Å². The second kappa shape index (κ2) is 17.9. The Balaban J connectivity index is 0.00000675. The number of carbonyl (C=O) groups excluding carboxylic acids is 3. The van der Waals surface area contributed by atoms with Gasteiger partial charge >= 0.3 is 88.7 Å². The van der Waals surface area contributed by atoms with E-state index in [9.17, 15) is 60.3 Å². The van der Waals surface area contributed by atoms with Crippen molar-refractivity contribution in [3.63, 3.8) is 0 Å². The van der Waals surface area contributed by atoms with E-state index in [-0.39, 0.29) is 88.7 Å². The topological polar surface area (TPSA) is 288 Å². The predicted molar refractivity (Wildman–Crippen MR) is 129 cm³/mol. The smallest absolute Gasteiger partial charge is 0.547 e. The van der Waals surface area contributed by atoms with Crippen molar-refractivity contribution in [1.29, 1.82) is 0 Å². The van der Waals surface area contributed by atoms with Crippen LogP contribution in [0.5, 0.6) is 0 Å². The molecule has 0 aromatic rings. The van der Waals surface area contributed by atoms with Crippen LogP contribution in [0, 0.1) is 16.7 Å². The fraction of sp³-hybridized carbons (Fsp3) is 0.885. The van der Waals surface area contributed by atoms with Gasteiger partial charge in [-0.2, -0.15) is 0 Å². The molecule has 20 heteroatoms. The summed E-state index contributed by atoms with van der Waals surface area (Å²) in [6, 6.07) is 0. The molecule has 3 heterocycles. The first-order valence-corrected chi connectivity index (χ1v) is 13.6. The molecule has 3 fully saturated rings. The quantitative estimate of drug-likeness (QED) is 0.135. The molecule has 0 radical (unpaired) electrons. The second-order valence-electron chi connectivity index (χ2n) is 13.2. The first-order valence-electron chi connectivity index (χ1n) is 13.6. The third-order valence-electron chi connectivity index (χ3n) is 7.87. The van der Waals surface area contributed by atoms with Gasteiger partial charge in [0.2, 0.25) is 0 Å². The summed E-state index contributed by atoms with van der Waals surface area (Å²) < 4.78 is 26.6. The van der Waals surface area contributed by atoms with Crippen LogP contribution in [0.25, 0.3) is 0 Å². The number of hydrogen-bond acceptors (Lipinski definition) is 17. The predicted octanol–water partition coefficient (Wildman–Crippen LogP) is -15.9. The molecule has 3 saturated heterocycles. The zero-order chi connectivity index (χ0) is 32.9. The zero-order valence-electron chi connectivity index (χ0n) is 27.3. The molecule has 0 aliphatic carbocycles. The maximum absolute atomic E-state index is 12.0. The maximum Gasteiger partial charge on any atom is 1.00 e. The first-order chi connectivity index (χ1) is 19.6. The molecule has 46 heavy (non-hydrogen) atoms. The molecule has 0 amide bonds. The summed E-state index contributed by atoms with van der Waals surface area (Å²) in [7, 11) is 0. The number of rotatable bonds is 7. The van der Waals surface area contributed by atoms with E-state index in [1.807, 2.05) is 0 Å². The summed E-state index contributed by atoms with van der Waals surface area (Å²) in [6.45, 7) is 9.49. The summed E-state index contributed by atoms with van der Waals surface area (Å²) in [4.78, 5) is 35.7. The molecular weight excluding hydrogens is 653 g/mol. The largest absolute Gasteiger partial charge is 1.00 e. The third kappa shape index (κ3) is 10.1. The molecule has 0 saturated carbocycles. The van der Waals surface area contributed by atoms with Gasteiger partial charge in [0.05, 0.1) is 30.1 Å². The van der Waals surface area contributed by atoms with Crippen molar-refractivity contribution >= 4 is 17.9 Å². The SMILES string of the molecule is CC(C)(C)[C@H]1C(C(=O)[O-])O[C@H](O[C@H]2C(C(=O)[O-])O[C@H](O[C@H]3C(C(=O)[O-])O[C@H](C(C)(C)C)[C@H](O)C3O)[C@H](O)C2O)[C@H](O)C1O.[Na+].[Na+].[Na+]. The number of carbonyl (C=O) groups is 3. The molecule has 0 bridgehead atoms. The van der Waals surface area contributed by atoms with Crippen molar-refractivity contribution in [2.75, 3.05) is 0 Å². The number of hydrogen-bond donors (Lipinski definition) is 6. The average Bonchev–Trinajstić information content (AvgIpc) is 2.86. The van der Waals surface area contributed by atoms with Crippen molar-refractivity contribution in [3.8, 4) is 0 Å². The van der Waals surface area contributed by atoms with Gasteiger partial charge in [-0.15, -0.1) is 0 Å². The molecule has 248 valence electrons. The van der Waals surface area contributed by atoms with Gasteiger partial charge in [-0.25, -0.2) is 0 Å². The van der Waals surface area contributed by atoms with Gasteiger partial charge in [-0.1, -0.05) is 41.5 Å². The molecule has 6 unspecified atom stereocenters. The van der Waals surface area contributed by atoms with Gasteiger partial charge in [0.25, 0.3) is 0 Å². The van der Waals surface area contributed by atoms with E-state index in [4.69, 9.17) is 23.7 Å². The van der Waals surface area contributed by atoms with Gasteiger partial charge in [-0.05, 0) is 10.8 Å². The normalized spacial score (nSPS) is 41.6. The molecule has 3 aliphatic heterocycles. The summed E-state index contributed by atoms with van der Waals surface area (Å²) in [5.74, 6) is -6.94. The Labute approximate surface area is 331 Å². The van der Waals surface area contributed by atoms with Gasteiger partial charge in [0.1, 0.15) is 61.0 Å². The Morgan fingerprint density at radius 3 is 1.24 bits per heavy atom. The van der Waals surface area contributed by atoms with E-state index < -0.39 is 120 Å². The van der Waals surface area contributed by atoms with Crippen molar-refractivity contribution in [2.24, 2.45) is 16.7 Å². The van der Waals surface area contributed by atoms with Crippen molar-refractivity contribution < 1.29 is 173 Å². The monoisotopic (exact) mass is 692 g/mol. The molecular formula is C26H39Na3O17. The molecule has 3 rings (SSSR count). The van der Waals surface area contributed by atoms with Crippen LogP contribution in [-0.4, -0.2) is 134 Å². The number of ether oxygens (including phenoxy) is 5. The van der Waals surface area contributed by atoms with Crippen LogP contribution in [0.1, 0.15) is 41.5 Å². The summed E-state index contributed by atoms with van der Waals surface area (Å²) in [5, 5.41) is 99.8. The van der Waals surface area contributed by atoms with Crippen LogP contribution < -0.4 is 104 Å². The minimum atomic E-state index is -2.34. The van der Waals surface area contributed by atoms with Crippen LogP contribution in [0.2, 0.25) is 0 Å². The molecule has 3 aliphatic rings. The minimum absolute atomic E-state index is 0. The number of carboxylic acid groups (broad SMARTS) is 3. The molecule has 0 spiro atoms. The maximum atomic E-state index is 12.0. The number of aliphatic hydroxyl groups excluding tert-OH is 6. The van der Waals surface area contributed by atoms with Gasteiger partial charge in [0, 0.05) is 5.92 Å². The Morgan fingerprint density at radius 2 is 0.870 bits per heavy atom. The fourth-order valence-electron chi connectivity index (χ4n) is 5.67. The van der Waals surface area contributed by atoms with Gasteiger partial charge < -0.3 is 84.0 Å². The van der Waals surface area contributed by atoms with Gasteiger partial charge in [0.15, 0.2) is 12.6 Å². The van der Waals surface area contributed by atoms with Crippen LogP contribution in [0.3, 0.4) is 0 Å².